The quantitative estimate of drug-likeness (QED) is 0.0741. The number of nitrogens with zero attached hydrogens (tertiary/aromatic N) is 2. The molecule has 1 aliphatic carbocycles. The van der Waals surface area contributed by atoms with Crippen molar-refractivity contribution in [2.75, 3.05) is 11.9 Å². The van der Waals surface area contributed by atoms with Crippen molar-refractivity contribution in [2.24, 2.45) is 11.8 Å². The van der Waals surface area contributed by atoms with Gasteiger partial charge in [-0.25, -0.2) is 9.78 Å². The van der Waals surface area contributed by atoms with Gasteiger partial charge in [-0.1, -0.05) is 30.3 Å². The number of carbonyl (C=O) groups is 5. The molecule has 0 aliphatic heterocycles. The highest BCUT2D eigenvalue weighted by molar-refractivity contribution is 5.98. The minimum atomic E-state index is -0.884. The SMILES string of the molecule is Cc1ccc(C(=O)NC(C)C)cc1-c1ccc(C[C@H](NC(=O)C2CCC(CNC(=O)OC(C)(C)C)CC2)C(=O)Nc2ccc(-c3n[nH]c(CCC(=O)OC(C)(C)C)n3)cc2)cc1. The van der Waals surface area contributed by atoms with E-state index in [0.29, 0.717) is 54.3 Å². The van der Waals surface area contributed by atoms with Gasteiger partial charge < -0.3 is 30.7 Å². The minimum absolute atomic E-state index is 0.0111. The van der Waals surface area contributed by atoms with Crippen LogP contribution in [0.3, 0.4) is 0 Å². The zero-order chi connectivity index (χ0) is 45.2. The van der Waals surface area contributed by atoms with Crippen molar-refractivity contribution < 1.29 is 33.4 Å². The molecule has 1 heterocycles. The lowest BCUT2D eigenvalue weighted by atomic mass is 9.81. The highest BCUT2D eigenvalue weighted by atomic mass is 16.6. The average Bonchev–Trinajstić information content (AvgIpc) is 3.67. The molecule has 4 amide bonds. The Hall–Kier alpha value is -6.05. The predicted octanol–water partition coefficient (Wildman–Crippen LogP) is 7.86. The van der Waals surface area contributed by atoms with Gasteiger partial charge in [0, 0.05) is 48.2 Å². The number of esters is 1. The Bertz CT molecular complexity index is 2180. The number of carbonyl (C=O) groups excluding carboxylic acids is 5. The number of H-pyrrole nitrogens is 1. The van der Waals surface area contributed by atoms with Gasteiger partial charge in [-0.15, -0.1) is 0 Å². The van der Waals surface area contributed by atoms with Gasteiger partial charge in [0.25, 0.3) is 5.91 Å². The van der Waals surface area contributed by atoms with Crippen LogP contribution in [0.2, 0.25) is 0 Å². The van der Waals surface area contributed by atoms with E-state index in [9.17, 15) is 24.0 Å². The molecule has 0 spiro atoms. The molecule has 1 fully saturated rings. The van der Waals surface area contributed by atoms with Crippen LogP contribution in [0.5, 0.6) is 0 Å². The molecule has 0 saturated heterocycles. The number of alkyl carbamates (subject to hydrolysis) is 1. The molecule has 14 heteroatoms. The van der Waals surface area contributed by atoms with E-state index < -0.39 is 23.3 Å². The number of hydrogen-bond donors (Lipinski definition) is 5. The van der Waals surface area contributed by atoms with Crippen LogP contribution < -0.4 is 21.3 Å². The fourth-order valence-corrected chi connectivity index (χ4v) is 7.23. The summed E-state index contributed by atoms with van der Waals surface area (Å²) < 4.78 is 10.8. The van der Waals surface area contributed by atoms with Crippen LogP contribution in [-0.2, 0) is 36.7 Å². The molecule has 1 atom stereocenters. The summed E-state index contributed by atoms with van der Waals surface area (Å²) >= 11 is 0. The Morgan fingerprint density at radius 2 is 1.45 bits per heavy atom. The Morgan fingerprint density at radius 1 is 0.806 bits per heavy atom. The first kappa shape index (κ1) is 47.0. The van der Waals surface area contributed by atoms with Crippen LogP contribution in [0, 0.1) is 18.8 Å². The summed E-state index contributed by atoms with van der Waals surface area (Å²) in [6, 6.07) is 19.7. The van der Waals surface area contributed by atoms with Gasteiger partial charge >= 0.3 is 12.1 Å². The standard InChI is InChI=1S/C48H63N7O7/c1-29(2)50-44(58)36-15-10-30(3)38(27-36)33-16-11-31(12-17-33)26-39(52-43(57)35-18-13-32(14-19-35)28-49-46(60)62-48(7,8)9)45(59)51-37-22-20-34(21-23-37)42-53-40(54-55-42)24-25-41(56)61-47(4,5)6/h10-12,15-17,20-23,27,29,32,35,39H,13-14,18-19,24-26,28H2,1-9H3,(H,49,60)(H,50,58)(H,51,59)(H,52,57)(H,53,54,55)/t32?,35?,39-/m0/s1. The maximum absolute atomic E-state index is 14.0. The summed E-state index contributed by atoms with van der Waals surface area (Å²) in [5.41, 5.74) is 4.39. The van der Waals surface area contributed by atoms with Gasteiger partial charge in [0.1, 0.15) is 23.1 Å². The molecular weight excluding hydrogens is 787 g/mol. The first-order valence-corrected chi connectivity index (χ1v) is 21.5. The summed E-state index contributed by atoms with van der Waals surface area (Å²) in [5, 5.41) is 19.0. The Labute approximate surface area is 365 Å². The van der Waals surface area contributed by atoms with E-state index in [1.165, 1.54) is 0 Å². The van der Waals surface area contributed by atoms with E-state index in [1.54, 1.807) is 24.3 Å². The summed E-state index contributed by atoms with van der Waals surface area (Å²) in [4.78, 5) is 69.5. The second kappa shape index (κ2) is 20.7. The number of rotatable bonds is 15. The minimum Gasteiger partial charge on any atom is -0.460 e. The maximum atomic E-state index is 14.0. The van der Waals surface area contributed by atoms with E-state index in [-0.39, 0.29) is 54.4 Å². The zero-order valence-electron chi connectivity index (χ0n) is 37.6. The van der Waals surface area contributed by atoms with Gasteiger partial charge in [0.2, 0.25) is 11.8 Å². The van der Waals surface area contributed by atoms with E-state index in [4.69, 9.17) is 9.47 Å². The molecule has 1 aromatic heterocycles. The number of anilines is 1. The highest BCUT2D eigenvalue weighted by Crippen LogP contribution is 2.30. The molecule has 0 unspecified atom stereocenters. The third kappa shape index (κ3) is 14.6. The fraction of sp³-hybridized carbons (Fsp3) is 0.479. The van der Waals surface area contributed by atoms with Crippen LogP contribution in [0.25, 0.3) is 22.5 Å². The van der Waals surface area contributed by atoms with Crippen molar-refractivity contribution in [3.8, 4) is 22.5 Å². The van der Waals surface area contributed by atoms with E-state index >= 15 is 0 Å². The lowest BCUT2D eigenvalue weighted by Crippen LogP contribution is -2.48. The largest absolute Gasteiger partial charge is 0.460 e. The third-order valence-corrected chi connectivity index (χ3v) is 10.3. The molecule has 5 rings (SSSR count). The van der Waals surface area contributed by atoms with E-state index in [2.05, 4.69) is 36.4 Å². The van der Waals surface area contributed by atoms with Crippen molar-refractivity contribution in [1.82, 2.24) is 31.1 Å². The number of hydrogen-bond acceptors (Lipinski definition) is 9. The van der Waals surface area contributed by atoms with Crippen LogP contribution in [0.1, 0.15) is 115 Å². The first-order chi connectivity index (χ1) is 29.2. The molecular formula is C48H63N7O7. The summed E-state index contributed by atoms with van der Waals surface area (Å²) in [6.45, 7) is 17.2. The summed E-state index contributed by atoms with van der Waals surface area (Å²) in [6.07, 6.45) is 3.09. The van der Waals surface area contributed by atoms with Gasteiger partial charge in [-0.05, 0) is 153 Å². The Balaban J connectivity index is 1.26. The molecule has 4 aromatic rings. The predicted molar refractivity (Wildman–Crippen MR) is 239 cm³/mol. The molecule has 0 bridgehead atoms. The lowest BCUT2D eigenvalue weighted by Gasteiger charge is -2.29. The molecule has 1 aliphatic rings. The highest BCUT2D eigenvalue weighted by Gasteiger charge is 2.30. The summed E-state index contributed by atoms with van der Waals surface area (Å²) in [7, 11) is 0. The Kier molecular flexibility index (Phi) is 15.7. The van der Waals surface area contributed by atoms with Crippen LogP contribution in [-0.4, -0.2) is 74.8 Å². The zero-order valence-corrected chi connectivity index (χ0v) is 37.6. The number of ether oxygens (including phenoxy) is 2. The van der Waals surface area contributed by atoms with E-state index in [1.807, 2.05) is 105 Å². The van der Waals surface area contributed by atoms with Crippen molar-refractivity contribution in [1.29, 1.82) is 0 Å². The Morgan fingerprint density at radius 3 is 2.08 bits per heavy atom. The van der Waals surface area contributed by atoms with Crippen LogP contribution in [0.4, 0.5) is 10.5 Å². The number of aromatic amines is 1. The average molecular weight is 850 g/mol. The van der Waals surface area contributed by atoms with Crippen molar-refractivity contribution in [2.45, 2.75) is 131 Å². The van der Waals surface area contributed by atoms with Gasteiger partial charge in [-0.2, -0.15) is 5.10 Å². The van der Waals surface area contributed by atoms with Crippen LogP contribution >= 0.6 is 0 Å². The molecule has 332 valence electrons. The van der Waals surface area contributed by atoms with Crippen molar-refractivity contribution in [3.63, 3.8) is 0 Å². The number of aryl methyl sites for hydroxylation is 2. The third-order valence-electron chi connectivity index (χ3n) is 10.3. The number of benzene rings is 3. The maximum Gasteiger partial charge on any atom is 0.407 e. The molecule has 62 heavy (non-hydrogen) atoms. The second-order valence-corrected chi connectivity index (χ2v) is 18.5. The van der Waals surface area contributed by atoms with Crippen LogP contribution in [0.15, 0.2) is 66.7 Å². The topological polar surface area (TPSA) is 194 Å². The number of amides is 4. The lowest BCUT2D eigenvalue weighted by molar-refractivity contribution is -0.154. The van der Waals surface area contributed by atoms with Crippen molar-refractivity contribution in [3.05, 3.63) is 89.2 Å². The molecule has 3 aromatic carbocycles. The van der Waals surface area contributed by atoms with E-state index in [0.717, 1.165) is 35.1 Å². The van der Waals surface area contributed by atoms with Gasteiger partial charge in [-0.3, -0.25) is 24.3 Å². The second-order valence-electron chi connectivity index (χ2n) is 18.5. The molecule has 0 radical (unpaired) electrons. The van der Waals surface area contributed by atoms with Gasteiger partial charge in [0.15, 0.2) is 5.82 Å². The fourth-order valence-electron chi connectivity index (χ4n) is 7.23. The first-order valence-electron chi connectivity index (χ1n) is 21.5. The van der Waals surface area contributed by atoms with Gasteiger partial charge in [0.05, 0.1) is 6.42 Å². The molecule has 14 nitrogen and oxygen atoms in total. The van der Waals surface area contributed by atoms with Crippen molar-refractivity contribution >= 4 is 35.5 Å². The monoisotopic (exact) mass is 849 g/mol. The molecule has 5 N–H and O–H groups in total. The molecule has 1 saturated carbocycles. The smallest absolute Gasteiger partial charge is 0.407 e. The number of aromatic nitrogens is 3. The summed E-state index contributed by atoms with van der Waals surface area (Å²) in [5.74, 6) is -0.0522. The normalized spacial score (nSPS) is 15.9. The number of nitrogens with one attached hydrogen (secondary N) is 5.